The topological polar surface area (TPSA) is 116 Å². The summed E-state index contributed by atoms with van der Waals surface area (Å²) in [6.45, 7) is 4.92. The van der Waals surface area contributed by atoms with Gasteiger partial charge < -0.3 is 35.0 Å². The standard InChI is InChI=1S/C38H41N5O5/c1-26-33(23-42-20-17-38(18-21-42)37(46)40-25-43(38)32-7-3-2-4-8-32)47-36(48-34(26)28-11-9-27(24-44)10-12-28)29-13-15-31(16-14-29)41-35(45)30-6-5-19-39-22-30/h2-16,19,22,26,33-34,36,44H,17-18,20-21,23-25H2,1H3,(H,40,46)(H,41,45). The number of aromatic nitrogens is 1. The second kappa shape index (κ2) is 13.9. The molecule has 7 rings (SSSR count). The summed E-state index contributed by atoms with van der Waals surface area (Å²) in [4.78, 5) is 34.6. The first-order chi connectivity index (χ1) is 23.4. The number of carbonyl (C=O) groups excluding carboxylic acids is 2. The van der Waals surface area contributed by atoms with Gasteiger partial charge in [0.2, 0.25) is 5.91 Å². The molecule has 0 radical (unpaired) electrons. The van der Waals surface area contributed by atoms with Gasteiger partial charge in [-0.1, -0.05) is 61.5 Å². The summed E-state index contributed by atoms with van der Waals surface area (Å²) >= 11 is 0. The maximum atomic E-state index is 13.2. The van der Waals surface area contributed by atoms with Crippen molar-refractivity contribution in [3.8, 4) is 0 Å². The smallest absolute Gasteiger partial charge is 0.257 e. The molecule has 0 saturated carbocycles. The number of nitrogens with one attached hydrogen (secondary N) is 2. The van der Waals surface area contributed by atoms with Crippen molar-refractivity contribution in [2.45, 2.75) is 50.4 Å². The molecular weight excluding hydrogens is 606 g/mol. The number of hydrogen-bond acceptors (Lipinski definition) is 8. The molecule has 3 saturated heterocycles. The molecule has 4 heterocycles. The second-order valence-electron chi connectivity index (χ2n) is 12.9. The Labute approximate surface area is 280 Å². The van der Waals surface area contributed by atoms with E-state index in [1.165, 1.54) is 6.20 Å². The van der Waals surface area contributed by atoms with E-state index < -0.39 is 11.8 Å². The minimum Gasteiger partial charge on any atom is -0.392 e. The second-order valence-corrected chi connectivity index (χ2v) is 12.9. The molecule has 4 aromatic rings. The fourth-order valence-electron chi connectivity index (χ4n) is 7.14. The molecule has 0 aliphatic carbocycles. The number of carbonyl (C=O) groups is 2. The molecule has 248 valence electrons. The lowest BCUT2D eigenvalue weighted by Crippen LogP contribution is -2.57. The molecule has 10 nitrogen and oxygen atoms in total. The Morgan fingerprint density at radius 2 is 1.69 bits per heavy atom. The Bertz CT molecular complexity index is 1700. The van der Waals surface area contributed by atoms with E-state index in [0.717, 1.165) is 48.3 Å². The number of para-hydroxylation sites is 1. The van der Waals surface area contributed by atoms with E-state index in [1.54, 1.807) is 18.3 Å². The highest BCUT2D eigenvalue weighted by atomic mass is 16.7. The van der Waals surface area contributed by atoms with Crippen LogP contribution in [0.15, 0.2) is 103 Å². The van der Waals surface area contributed by atoms with Gasteiger partial charge in [-0.2, -0.15) is 0 Å². The SMILES string of the molecule is CC1C(CN2CCC3(CC2)C(=O)NCN3c2ccccc2)OC(c2ccc(NC(=O)c3cccnc3)cc2)OC1c1ccc(CO)cc1. The van der Waals surface area contributed by atoms with Crippen molar-refractivity contribution >= 4 is 23.2 Å². The van der Waals surface area contributed by atoms with Crippen molar-refractivity contribution in [1.29, 1.82) is 0 Å². The molecule has 3 aromatic carbocycles. The zero-order chi connectivity index (χ0) is 33.1. The highest BCUT2D eigenvalue weighted by Crippen LogP contribution is 2.43. The Morgan fingerprint density at radius 1 is 0.958 bits per heavy atom. The summed E-state index contributed by atoms with van der Waals surface area (Å²) in [7, 11) is 0. The van der Waals surface area contributed by atoms with Crippen LogP contribution in [-0.2, 0) is 20.9 Å². The van der Waals surface area contributed by atoms with Gasteiger partial charge in [0.15, 0.2) is 6.29 Å². The molecule has 4 atom stereocenters. The van der Waals surface area contributed by atoms with Crippen LogP contribution in [0.1, 0.15) is 59.2 Å². The van der Waals surface area contributed by atoms with Crippen molar-refractivity contribution in [1.82, 2.24) is 15.2 Å². The van der Waals surface area contributed by atoms with Crippen LogP contribution < -0.4 is 15.5 Å². The number of hydrogen-bond donors (Lipinski definition) is 3. The normalized spacial score (nSPS) is 24.0. The van der Waals surface area contributed by atoms with E-state index in [1.807, 2.05) is 66.7 Å². The first-order valence-corrected chi connectivity index (χ1v) is 16.6. The zero-order valence-electron chi connectivity index (χ0n) is 27.0. The monoisotopic (exact) mass is 647 g/mol. The number of likely N-dealkylation sites (tertiary alicyclic amines) is 1. The van der Waals surface area contributed by atoms with Crippen molar-refractivity contribution in [2.75, 3.05) is 36.5 Å². The Balaban J connectivity index is 1.07. The van der Waals surface area contributed by atoms with Crippen LogP contribution in [0.4, 0.5) is 11.4 Å². The number of pyridine rings is 1. The van der Waals surface area contributed by atoms with Gasteiger partial charge in [-0.25, -0.2) is 0 Å². The van der Waals surface area contributed by atoms with Crippen molar-refractivity contribution in [3.63, 3.8) is 0 Å². The third-order valence-corrected chi connectivity index (χ3v) is 10.0. The average Bonchev–Trinajstić information content (AvgIpc) is 3.45. The molecule has 3 aliphatic heterocycles. The summed E-state index contributed by atoms with van der Waals surface area (Å²) in [6.07, 6.45) is 3.62. The van der Waals surface area contributed by atoms with Gasteiger partial charge >= 0.3 is 0 Å². The van der Waals surface area contributed by atoms with Crippen molar-refractivity contribution < 1.29 is 24.2 Å². The van der Waals surface area contributed by atoms with Crippen LogP contribution >= 0.6 is 0 Å². The average molecular weight is 648 g/mol. The number of benzene rings is 3. The van der Waals surface area contributed by atoms with Gasteiger partial charge in [0.25, 0.3) is 5.91 Å². The van der Waals surface area contributed by atoms with E-state index in [2.05, 4.69) is 44.5 Å². The molecule has 3 N–H and O–H groups in total. The molecule has 3 fully saturated rings. The summed E-state index contributed by atoms with van der Waals surface area (Å²) in [6, 6.07) is 29.1. The Kier molecular flexibility index (Phi) is 9.23. The van der Waals surface area contributed by atoms with Gasteiger partial charge in [0, 0.05) is 54.9 Å². The lowest BCUT2D eigenvalue weighted by atomic mass is 9.84. The number of piperidine rings is 1. The Morgan fingerprint density at radius 3 is 2.38 bits per heavy atom. The first kappa shape index (κ1) is 32.0. The molecule has 10 heteroatoms. The van der Waals surface area contributed by atoms with Gasteiger partial charge in [-0.05, 0) is 60.4 Å². The Hall–Kier alpha value is -4.61. The van der Waals surface area contributed by atoms with E-state index in [0.29, 0.717) is 24.5 Å². The van der Waals surface area contributed by atoms with Gasteiger partial charge in [-0.3, -0.25) is 14.6 Å². The highest BCUT2D eigenvalue weighted by molar-refractivity contribution is 6.04. The van der Waals surface area contributed by atoms with Crippen LogP contribution in [0.3, 0.4) is 0 Å². The minimum atomic E-state index is -0.623. The lowest BCUT2D eigenvalue weighted by molar-refractivity contribution is -0.276. The maximum Gasteiger partial charge on any atom is 0.257 e. The summed E-state index contributed by atoms with van der Waals surface area (Å²) in [5.74, 6) is -0.0921. The molecule has 0 bridgehead atoms. The minimum absolute atomic E-state index is 0.0183. The van der Waals surface area contributed by atoms with Crippen LogP contribution in [-0.4, -0.2) is 64.8 Å². The van der Waals surface area contributed by atoms with Gasteiger partial charge in [-0.15, -0.1) is 0 Å². The quantitative estimate of drug-likeness (QED) is 0.244. The van der Waals surface area contributed by atoms with Crippen molar-refractivity contribution in [3.05, 3.63) is 126 Å². The van der Waals surface area contributed by atoms with Crippen LogP contribution in [0.2, 0.25) is 0 Å². The summed E-state index contributed by atoms with van der Waals surface area (Å²) in [5.41, 5.74) is 4.38. The number of nitrogens with zero attached hydrogens (tertiary/aromatic N) is 3. The molecule has 48 heavy (non-hydrogen) atoms. The molecule has 2 amide bonds. The number of rotatable bonds is 8. The van der Waals surface area contributed by atoms with E-state index in [9.17, 15) is 14.7 Å². The lowest BCUT2D eigenvalue weighted by Gasteiger charge is -2.46. The molecule has 1 spiro atoms. The third kappa shape index (κ3) is 6.44. The number of aliphatic hydroxyl groups is 1. The predicted octanol–water partition coefficient (Wildman–Crippen LogP) is 5.05. The van der Waals surface area contributed by atoms with Gasteiger partial charge in [0.1, 0.15) is 5.54 Å². The number of ether oxygens (including phenoxy) is 2. The fourth-order valence-corrected chi connectivity index (χ4v) is 7.14. The summed E-state index contributed by atoms with van der Waals surface area (Å²) in [5, 5.41) is 15.6. The first-order valence-electron chi connectivity index (χ1n) is 16.6. The van der Waals surface area contributed by atoms with E-state index >= 15 is 0 Å². The van der Waals surface area contributed by atoms with Gasteiger partial charge in [0.05, 0.1) is 31.0 Å². The summed E-state index contributed by atoms with van der Waals surface area (Å²) < 4.78 is 13.4. The van der Waals surface area contributed by atoms with Crippen LogP contribution in [0.25, 0.3) is 0 Å². The maximum absolute atomic E-state index is 13.2. The molecule has 1 aromatic heterocycles. The number of aliphatic hydroxyl groups excluding tert-OH is 1. The molecular formula is C38H41N5O5. The largest absolute Gasteiger partial charge is 0.392 e. The third-order valence-electron chi connectivity index (χ3n) is 10.0. The van der Waals surface area contributed by atoms with E-state index in [4.69, 9.17) is 9.47 Å². The van der Waals surface area contributed by atoms with E-state index in [-0.39, 0.29) is 36.5 Å². The number of anilines is 2. The fraction of sp³-hybridized carbons (Fsp3) is 0.342. The number of amides is 2. The molecule has 4 unspecified atom stereocenters. The van der Waals surface area contributed by atoms with Crippen LogP contribution in [0.5, 0.6) is 0 Å². The molecule has 3 aliphatic rings. The zero-order valence-corrected chi connectivity index (χ0v) is 27.0. The highest BCUT2D eigenvalue weighted by Gasteiger charge is 2.51. The predicted molar refractivity (Wildman–Crippen MR) is 182 cm³/mol. The van der Waals surface area contributed by atoms with Crippen molar-refractivity contribution in [2.24, 2.45) is 5.92 Å². The van der Waals surface area contributed by atoms with Crippen LogP contribution in [0, 0.1) is 5.92 Å².